The highest BCUT2D eigenvalue weighted by Crippen LogP contribution is 2.23. The van der Waals surface area contributed by atoms with Crippen molar-refractivity contribution in [2.75, 3.05) is 12.8 Å². The van der Waals surface area contributed by atoms with E-state index in [0.717, 1.165) is 57.1 Å². The van der Waals surface area contributed by atoms with Crippen LogP contribution in [-0.2, 0) is 34.3 Å². The molecular weight excluding hydrogens is 352 g/mol. The Balaban J connectivity index is 1.64. The van der Waals surface area contributed by atoms with Crippen molar-refractivity contribution in [2.45, 2.75) is 71.0 Å². The lowest BCUT2D eigenvalue weighted by Crippen LogP contribution is -2.46. The van der Waals surface area contributed by atoms with E-state index < -0.39 is 10.0 Å². The third kappa shape index (κ3) is 4.85. The van der Waals surface area contributed by atoms with Gasteiger partial charge in [-0.3, -0.25) is 4.79 Å². The van der Waals surface area contributed by atoms with Gasteiger partial charge in [0.2, 0.25) is 15.9 Å². The summed E-state index contributed by atoms with van der Waals surface area (Å²) < 4.78 is 27.7. The third-order valence-electron chi connectivity index (χ3n) is 5.54. The topological polar surface area (TPSA) is 84.3 Å². The van der Waals surface area contributed by atoms with Crippen LogP contribution < -0.4 is 5.32 Å². The van der Waals surface area contributed by atoms with E-state index in [1.165, 1.54) is 10.7 Å². The maximum atomic E-state index is 12.5. The Morgan fingerprint density at radius 2 is 2.08 bits per heavy atom. The van der Waals surface area contributed by atoms with Crippen molar-refractivity contribution < 1.29 is 13.2 Å². The van der Waals surface area contributed by atoms with Gasteiger partial charge in [0.1, 0.15) is 5.82 Å². The van der Waals surface area contributed by atoms with Gasteiger partial charge in [0.05, 0.1) is 25.0 Å². The molecule has 1 saturated carbocycles. The lowest BCUT2D eigenvalue weighted by molar-refractivity contribution is -0.122. The zero-order valence-electron chi connectivity index (χ0n) is 15.8. The number of imidazole rings is 1. The summed E-state index contributed by atoms with van der Waals surface area (Å²) in [5.41, 5.74) is 0.714. The Labute approximate surface area is 156 Å². The molecule has 0 aromatic carbocycles. The molecule has 7 nitrogen and oxygen atoms in total. The van der Waals surface area contributed by atoms with Gasteiger partial charge in [0, 0.05) is 25.2 Å². The number of nitrogens with one attached hydrogen (secondary N) is 1. The maximum Gasteiger partial charge on any atom is 0.235 e. The zero-order valence-corrected chi connectivity index (χ0v) is 16.6. The molecule has 1 N–H and O–H groups in total. The largest absolute Gasteiger partial charge is 0.352 e. The number of carbonyl (C=O) groups is 1. The highest BCUT2D eigenvalue weighted by Gasteiger charge is 2.26. The molecule has 1 fully saturated rings. The predicted molar refractivity (Wildman–Crippen MR) is 100.0 cm³/mol. The van der Waals surface area contributed by atoms with Crippen molar-refractivity contribution in [1.29, 1.82) is 0 Å². The second-order valence-electron chi connectivity index (χ2n) is 7.77. The summed E-state index contributed by atoms with van der Waals surface area (Å²) in [6.45, 7) is 3.08. The zero-order chi connectivity index (χ0) is 18.7. The van der Waals surface area contributed by atoms with Gasteiger partial charge in [-0.25, -0.2) is 13.4 Å². The predicted octanol–water partition coefficient (Wildman–Crippen LogP) is 1.68. The number of carbonyl (C=O) groups excluding carboxylic acids is 1. The molecule has 2 atom stereocenters. The van der Waals surface area contributed by atoms with Crippen LogP contribution in [0.5, 0.6) is 0 Å². The van der Waals surface area contributed by atoms with Crippen molar-refractivity contribution in [1.82, 2.24) is 19.2 Å². The SMILES string of the molecule is C[C@@H]1CCCC[C@@H]1NC(=O)CN(Cc1cn2c(n1)CCCC2)S(C)(=O)=O. The number of hydrogen-bond acceptors (Lipinski definition) is 4. The van der Waals surface area contributed by atoms with Crippen LogP contribution in [-0.4, -0.2) is 47.0 Å². The Hall–Kier alpha value is -1.41. The highest BCUT2D eigenvalue weighted by atomic mass is 32.2. The van der Waals surface area contributed by atoms with E-state index >= 15 is 0 Å². The molecule has 146 valence electrons. The molecule has 0 spiro atoms. The minimum absolute atomic E-state index is 0.145. The lowest BCUT2D eigenvalue weighted by Gasteiger charge is -2.30. The van der Waals surface area contributed by atoms with Gasteiger partial charge in [0.15, 0.2) is 0 Å². The van der Waals surface area contributed by atoms with Gasteiger partial charge < -0.3 is 9.88 Å². The van der Waals surface area contributed by atoms with Gasteiger partial charge >= 0.3 is 0 Å². The second-order valence-corrected chi connectivity index (χ2v) is 9.75. The van der Waals surface area contributed by atoms with Crippen molar-refractivity contribution in [3.05, 3.63) is 17.7 Å². The summed E-state index contributed by atoms with van der Waals surface area (Å²) >= 11 is 0. The summed E-state index contributed by atoms with van der Waals surface area (Å²) in [5.74, 6) is 1.23. The van der Waals surface area contributed by atoms with Crippen LogP contribution in [0.4, 0.5) is 0 Å². The average molecular weight is 383 g/mol. The van der Waals surface area contributed by atoms with Gasteiger partial charge in [-0.05, 0) is 31.6 Å². The number of fused-ring (bicyclic) bond motifs is 1. The quantitative estimate of drug-likeness (QED) is 0.811. The number of aromatic nitrogens is 2. The molecule has 0 radical (unpaired) electrons. The molecule has 8 heteroatoms. The van der Waals surface area contributed by atoms with Gasteiger partial charge in [-0.2, -0.15) is 4.31 Å². The van der Waals surface area contributed by atoms with E-state index in [-0.39, 0.29) is 25.0 Å². The second kappa shape index (κ2) is 8.08. The third-order valence-corrected chi connectivity index (χ3v) is 6.74. The van der Waals surface area contributed by atoms with Crippen LogP contribution in [0.25, 0.3) is 0 Å². The smallest absolute Gasteiger partial charge is 0.235 e. The van der Waals surface area contributed by atoms with Crippen molar-refractivity contribution in [2.24, 2.45) is 5.92 Å². The van der Waals surface area contributed by atoms with Gasteiger partial charge in [-0.15, -0.1) is 0 Å². The summed E-state index contributed by atoms with van der Waals surface area (Å²) in [7, 11) is -3.49. The molecule has 1 aromatic heterocycles. The van der Waals surface area contributed by atoms with Crippen molar-refractivity contribution in [3.63, 3.8) is 0 Å². The van der Waals surface area contributed by atoms with E-state index in [2.05, 4.69) is 21.8 Å². The standard InChI is InChI=1S/C18H30N4O3S/c1-14-7-3-4-8-16(14)20-18(23)13-22(26(2,24)25)12-15-11-21-10-6-5-9-17(21)19-15/h11,14,16H,3-10,12-13H2,1-2H3,(H,20,23)/t14-,16+/m1/s1. The average Bonchev–Trinajstić information content (AvgIpc) is 2.98. The Morgan fingerprint density at radius 3 is 2.77 bits per heavy atom. The van der Waals surface area contributed by atoms with Crippen molar-refractivity contribution >= 4 is 15.9 Å². The summed E-state index contributed by atoms with van der Waals surface area (Å²) in [6.07, 6.45) is 10.7. The summed E-state index contributed by atoms with van der Waals surface area (Å²) in [6, 6.07) is 0.151. The molecule has 1 aliphatic carbocycles. The van der Waals surface area contributed by atoms with Crippen LogP contribution in [0.15, 0.2) is 6.20 Å². The first-order valence-electron chi connectivity index (χ1n) is 9.62. The minimum atomic E-state index is -3.49. The lowest BCUT2D eigenvalue weighted by atomic mass is 9.86. The van der Waals surface area contributed by atoms with Crippen LogP contribution in [0.1, 0.15) is 57.0 Å². The Kier molecular flexibility index (Phi) is 6.02. The van der Waals surface area contributed by atoms with E-state index in [1.807, 2.05) is 6.20 Å². The molecule has 0 saturated heterocycles. The van der Waals surface area contributed by atoms with Crippen LogP contribution >= 0.6 is 0 Å². The van der Waals surface area contributed by atoms with E-state index in [4.69, 9.17) is 0 Å². The monoisotopic (exact) mass is 382 g/mol. The number of amides is 1. The fourth-order valence-corrected chi connectivity index (χ4v) is 4.68. The molecule has 1 aliphatic heterocycles. The first-order chi connectivity index (χ1) is 12.3. The molecule has 2 aliphatic rings. The number of rotatable bonds is 6. The fourth-order valence-electron chi connectivity index (χ4n) is 3.96. The normalized spacial score (nSPS) is 23.7. The highest BCUT2D eigenvalue weighted by molar-refractivity contribution is 7.88. The van der Waals surface area contributed by atoms with Crippen LogP contribution in [0, 0.1) is 5.92 Å². The minimum Gasteiger partial charge on any atom is -0.352 e. The number of aryl methyl sites for hydroxylation is 2. The van der Waals surface area contributed by atoms with E-state index in [1.54, 1.807) is 0 Å². The Morgan fingerprint density at radius 1 is 1.31 bits per heavy atom. The molecule has 3 rings (SSSR count). The molecule has 2 heterocycles. The maximum absolute atomic E-state index is 12.5. The number of sulfonamides is 1. The summed E-state index contributed by atoms with van der Waals surface area (Å²) in [4.78, 5) is 17.0. The van der Waals surface area contributed by atoms with Gasteiger partial charge in [-0.1, -0.05) is 19.8 Å². The molecule has 0 unspecified atom stereocenters. The molecule has 26 heavy (non-hydrogen) atoms. The fraction of sp³-hybridized carbons (Fsp3) is 0.778. The number of nitrogens with zero attached hydrogens (tertiary/aromatic N) is 3. The molecular formula is C18H30N4O3S. The summed E-state index contributed by atoms with van der Waals surface area (Å²) in [5, 5.41) is 3.04. The first-order valence-corrected chi connectivity index (χ1v) is 11.5. The van der Waals surface area contributed by atoms with Crippen LogP contribution in [0.2, 0.25) is 0 Å². The molecule has 1 amide bonds. The Bertz CT molecular complexity index is 720. The van der Waals surface area contributed by atoms with E-state index in [9.17, 15) is 13.2 Å². The van der Waals surface area contributed by atoms with Crippen LogP contribution in [0.3, 0.4) is 0 Å². The van der Waals surface area contributed by atoms with Gasteiger partial charge in [0.25, 0.3) is 0 Å². The first kappa shape index (κ1) is 19.4. The van der Waals surface area contributed by atoms with Crippen molar-refractivity contribution in [3.8, 4) is 0 Å². The number of hydrogen-bond donors (Lipinski definition) is 1. The molecule has 1 aromatic rings. The van der Waals surface area contributed by atoms with E-state index in [0.29, 0.717) is 11.6 Å². The molecule has 0 bridgehead atoms.